The van der Waals surface area contributed by atoms with E-state index in [1.165, 1.54) is 18.3 Å². The zero-order chi connectivity index (χ0) is 29.1. The van der Waals surface area contributed by atoms with Crippen LogP contribution < -0.4 is 10.2 Å². The minimum Gasteiger partial charge on any atom is -0.422 e. The first-order valence-electron chi connectivity index (χ1n) is 12.0. The lowest BCUT2D eigenvalue weighted by molar-refractivity contribution is -0.137. The molecule has 0 aliphatic carbocycles. The van der Waals surface area contributed by atoms with Crippen molar-refractivity contribution in [2.75, 3.05) is 0 Å². The fourth-order valence-electron chi connectivity index (χ4n) is 4.17. The molecule has 0 radical (unpaired) electrons. The number of aromatic amines is 1. The van der Waals surface area contributed by atoms with Crippen LogP contribution in [0.15, 0.2) is 101 Å². The van der Waals surface area contributed by atoms with Gasteiger partial charge in [0.25, 0.3) is 5.91 Å². The smallest absolute Gasteiger partial charge is 0.416 e. The Kier molecular flexibility index (Phi) is 8.27. The average molecular weight is 732 g/mol. The summed E-state index contributed by atoms with van der Waals surface area (Å²) in [7, 11) is 0. The molecule has 5 rings (SSSR count). The summed E-state index contributed by atoms with van der Waals surface area (Å²) in [6.07, 6.45) is -3.32. The first-order valence-corrected chi connectivity index (χ1v) is 13.9. The van der Waals surface area contributed by atoms with Crippen LogP contribution in [0.3, 0.4) is 0 Å². The third kappa shape index (κ3) is 6.35. The number of aromatic nitrogens is 1. The summed E-state index contributed by atoms with van der Waals surface area (Å²) in [5.74, 6) is -1.43. The molecule has 2 N–H and O–H groups in total. The van der Waals surface area contributed by atoms with E-state index in [4.69, 9.17) is 4.74 Å². The highest BCUT2D eigenvalue weighted by Crippen LogP contribution is 2.34. The normalized spacial score (nSPS) is 11.6. The van der Waals surface area contributed by atoms with Crippen LogP contribution in [0.1, 0.15) is 32.0 Å². The Hall–Kier alpha value is -3.97. The number of carbonyl (C=O) groups is 2. The Morgan fingerprint density at radius 1 is 0.951 bits per heavy atom. The fraction of sp³-hybridized carbons (Fsp3) is 0.0333. The van der Waals surface area contributed by atoms with E-state index in [0.717, 1.165) is 43.8 Å². The third-order valence-electron chi connectivity index (χ3n) is 6.04. The largest absolute Gasteiger partial charge is 0.422 e. The number of hydrogen-bond donors (Lipinski definition) is 2. The minimum absolute atomic E-state index is 0.0405. The molecule has 0 unspecified atom stereocenters. The molecule has 0 atom stereocenters. The van der Waals surface area contributed by atoms with Gasteiger partial charge in [-0.1, -0.05) is 64.5 Å². The molecule has 0 bridgehead atoms. The lowest BCUT2D eigenvalue weighted by Crippen LogP contribution is -2.19. The Balaban J connectivity index is 1.40. The number of halogens is 5. The van der Waals surface area contributed by atoms with Gasteiger partial charge < -0.3 is 9.72 Å². The first-order chi connectivity index (χ1) is 19.6. The molecule has 0 spiro atoms. The van der Waals surface area contributed by atoms with Crippen LogP contribution in [0.25, 0.3) is 22.0 Å². The van der Waals surface area contributed by atoms with E-state index in [-0.39, 0.29) is 11.3 Å². The lowest BCUT2D eigenvalue weighted by atomic mass is 10.0. The van der Waals surface area contributed by atoms with Crippen molar-refractivity contribution in [1.29, 1.82) is 0 Å². The van der Waals surface area contributed by atoms with E-state index < -0.39 is 23.6 Å². The van der Waals surface area contributed by atoms with E-state index in [1.807, 2.05) is 48.5 Å². The van der Waals surface area contributed by atoms with E-state index in [1.54, 1.807) is 12.1 Å². The van der Waals surface area contributed by atoms with E-state index in [2.05, 4.69) is 54.0 Å². The highest BCUT2D eigenvalue weighted by Gasteiger charge is 2.31. The number of benzene rings is 4. The maximum Gasteiger partial charge on any atom is 0.416 e. The number of H-pyrrole nitrogens is 1. The van der Waals surface area contributed by atoms with Crippen molar-refractivity contribution in [3.63, 3.8) is 0 Å². The number of para-hydroxylation sites is 1. The molecule has 1 aromatic heterocycles. The summed E-state index contributed by atoms with van der Waals surface area (Å²) in [5, 5.41) is 4.95. The molecule has 5 aromatic rings. The molecular formula is C30H18BrF3IN3O3. The van der Waals surface area contributed by atoms with Gasteiger partial charge in [-0.3, -0.25) is 4.79 Å². The first kappa shape index (κ1) is 28.6. The van der Waals surface area contributed by atoms with Gasteiger partial charge >= 0.3 is 12.1 Å². The van der Waals surface area contributed by atoms with Crippen molar-refractivity contribution in [1.82, 2.24) is 10.4 Å². The maximum atomic E-state index is 13.3. The number of esters is 1. The molecule has 41 heavy (non-hydrogen) atoms. The van der Waals surface area contributed by atoms with Gasteiger partial charge in [0.05, 0.1) is 22.9 Å². The molecule has 11 heteroatoms. The van der Waals surface area contributed by atoms with Crippen LogP contribution in [-0.4, -0.2) is 23.1 Å². The highest BCUT2D eigenvalue weighted by atomic mass is 127. The zero-order valence-electron chi connectivity index (χ0n) is 20.8. The van der Waals surface area contributed by atoms with Crippen molar-refractivity contribution in [3.8, 4) is 16.9 Å². The van der Waals surface area contributed by atoms with Crippen LogP contribution in [0.4, 0.5) is 13.2 Å². The van der Waals surface area contributed by atoms with Crippen LogP contribution in [0.5, 0.6) is 5.75 Å². The molecule has 0 aliphatic rings. The molecule has 1 amide bonds. The fourth-order valence-corrected chi connectivity index (χ4v) is 5.18. The number of ether oxygens (including phenoxy) is 1. The van der Waals surface area contributed by atoms with Crippen molar-refractivity contribution < 1.29 is 27.5 Å². The van der Waals surface area contributed by atoms with Gasteiger partial charge in [-0.25, -0.2) is 10.2 Å². The summed E-state index contributed by atoms with van der Waals surface area (Å²) in [4.78, 5) is 29.2. The molecular weight excluding hydrogens is 714 g/mol. The lowest BCUT2D eigenvalue weighted by Gasteiger charge is -2.10. The Bertz CT molecular complexity index is 1800. The van der Waals surface area contributed by atoms with Gasteiger partial charge in [-0.15, -0.1) is 0 Å². The predicted molar refractivity (Wildman–Crippen MR) is 162 cm³/mol. The Labute approximate surface area is 253 Å². The number of carbonyl (C=O) groups excluding carboxylic acids is 2. The molecule has 1 heterocycles. The SMILES string of the molecule is O=C(Oc1ccc(Br)cc1C=NNC(=O)c1[nH]c2c(I)cccc2c1-c1ccccc1)c1cccc(C(F)(F)F)c1. The van der Waals surface area contributed by atoms with E-state index in [9.17, 15) is 22.8 Å². The topological polar surface area (TPSA) is 83.5 Å². The Morgan fingerprint density at radius 3 is 2.46 bits per heavy atom. The van der Waals surface area contributed by atoms with Crippen LogP contribution in [0.2, 0.25) is 0 Å². The maximum absolute atomic E-state index is 13.3. The highest BCUT2D eigenvalue weighted by molar-refractivity contribution is 14.1. The van der Waals surface area contributed by atoms with E-state index in [0.29, 0.717) is 15.7 Å². The molecule has 4 aromatic carbocycles. The second kappa shape index (κ2) is 11.9. The summed E-state index contributed by atoms with van der Waals surface area (Å²) < 4.78 is 46.2. The van der Waals surface area contributed by atoms with Gasteiger partial charge in [0.2, 0.25) is 0 Å². The van der Waals surface area contributed by atoms with Gasteiger partial charge in [-0.05, 0) is 70.6 Å². The zero-order valence-corrected chi connectivity index (χ0v) is 24.5. The van der Waals surface area contributed by atoms with Crippen molar-refractivity contribution >= 4 is 67.5 Å². The molecule has 0 saturated carbocycles. The molecule has 0 fully saturated rings. The summed E-state index contributed by atoms with van der Waals surface area (Å²) in [5.41, 5.74) is 4.30. The number of alkyl halides is 3. The summed E-state index contributed by atoms with van der Waals surface area (Å²) in [6.45, 7) is 0. The van der Waals surface area contributed by atoms with Crippen LogP contribution in [0, 0.1) is 3.57 Å². The van der Waals surface area contributed by atoms with Crippen molar-refractivity contribution in [2.45, 2.75) is 6.18 Å². The number of hydrogen-bond acceptors (Lipinski definition) is 4. The van der Waals surface area contributed by atoms with Crippen molar-refractivity contribution in [2.24, 2.45) is 5.10 Å². The van der Waals surface area contributed by atoms with Crippen molar-refractivity contribution in [3.05, 3.63) is 121 Å². The number of fused-ring (bicyclic) bond motifs is 1. The number of amides is 1. The van der Waals surface area contributed by atoms with E-state index >= 15 is 0 Å². The molecule has 206 valence electrons. The van der Waals surface area contributed by atoms with Gasteiger partial charge in [0.1, 0.15) is 11.4 Å². The quantitative estimate of drug-likeness (QED) is 0.0608. The van der Waals surface area contributed by atoms with Gasteiger partial charge in [0, 0.05) is 24.6 Å². The second-order valence-electron chi connectivity index (χ2n) is 8.75. The second-order valence-corrected chi connectivity index (χ2v) is 10.8. The Morgan fingerprint density at radius 2 is 1.71 bits per heavy atom. The van der Waals surface area contributed by atoms with Crippen LogP contribution in [-0.2, 0) is 6.18 Å². The van der Waals surface area contributed by atoms with Gasteiger partial charge in [0.15, 0.2) is 0 Å². The third-order valence-corrected chi connectivity index (χ3v) is 7.43. The standard InChI is InChI=1S/C30H18BrF3IN3O3/c31-21-12-13-24(41-29(40)18-8-4-9-20(14-18)30(32,33)34)19(15-21)16-36-38-28(39)27-25(17-6-2-1-3-7-17)22-10-5-11-23(35)26(22)37-27/h1-16,37H,(H,38,39). The molecule has 0 saturated heterocycles. The number of rotatable bonds is 6. The predicted octanol–water partition coefficient (Wildman–Crippen LogP) is 8.20. The number of hydrazone groups is 1. The summed E-state index contributed by atoms with van der Waals surface area (Å²) in [6, 6.07) is 23.9. The number of nitrogens with zero attached hydrogens (tertiary/aromatic N) is 1. The molecule has 6 nitrogen and oxygen atoms in total. The minimum atomic E-state index is -4.60. The van der Waals surface area contributed by atoms with Crippen LogP contribution >= 0.6 is 38.5 Å². The summed E-state index contributed by atoms with van der Waals surface area (Å²) >= 11 is 5.54. The molecule has 0 aliphatic heterocycles. The average Bonchev–Trinajstić information content (AvgIpc) is 3.35. The van der Waals surface area contributed by atoms with Gasteiger partial charge in [-0.2, -0.15) is 18.3 Å². The monoisotopic (exact) mass is 731 g/mol. The number of nitrogens with one attached hydrogen (secondary N) is 2.